The van der Waals surface area contributed by atoms with Crippen LogP contribution in [0.1, 0.15) is 23.6 Å². The molecule has 1 aromatic carbocycles. The van der Waals surface area contributed by atoms with E-state index in [1.165, 1.54) is 0 Å². The number of nitrogens with one attached hydrogen (secondary N) is 1. The van der Waals surface area contributed by atoms with Crippen molar-refractivity contribution in [3.8, 4) is 5.75 Å². The van der Waals surface area contributed by atoms with Gasteiger partial charge in [-0.1, -0.05) is 13.0 Å². The Hall–Kier alpha value is -1.10. The second kappa shape index (κ2) is 6.48. The van der Waals surface area contributed by atoms with Crippen molar-refractivity contribution in [1.29, 1.82) is 0 Å². The molecule has 0 unspecified atom stereocenters. The van der Waals surface area contributed by atoms with Gasteiger partial charge >= 0.3 is 0 Å². The van der Waals surface area contributed by atoms with Crippen molar-refractivity contribution < 1.29 is 14.9 Å². The van der Waals surface area contributed by atoms with Gasteiger partial charge in [-0.25, -0.2) is 0 Å². The van der Waals surface area contributed by atoms with Crippen LogP contribution in [0.4, 0.5) is 0 Å². The number of hydrogen-bond donors (Lipinski definition) is 3. The number of methoxy groups -OCH3 is 1. The summed E-state index contributed by atoms with van der Waals surface area (Å²) in [5.41, 5.74) is 2.49. The van der Waals surface area contributed by atoms with Gasteiger partial charge in [0.1, 0.15) is 5.75 Å². The van der Waals surface area contributed by atoms with Gasteiger partial charge in [-0.15, -0.1) is 0 Å². The molecule has 3 N–H and O–H groups in total. The first-order chi connectivity index (χ1) is 7.76. The smallest absolute Gasteiger partial charge is 0.124 e. The molecule has 16 heavy (non-hydrogen) atoms. The molecule has 4 heteroatoms. The lowest BCUT2D eigenvalue weighted by molar-refractivity contribution is 0.272. The summed E-state index contributed by atoms with van der Waals surface area (Å²) in [4.78, 5) is 0. The predicted molar refractivity (Wildman–Crippen MR) is 62.2 cm³/mol. The predicted octanol–water partition coefficient (Wildman–Crippen LogP) is 0.789. The summed E-state index contributed by atoms with van der Waals surface area (Å²) in [5, 5.41) is 21.6. The van der Waals surface area contributed by atoms with Crippen molar-refractivity contribution in [2.24, 2.45) is 0 Å². The first-order valence-electron chi connectivity index (χ1n) is 5.37. The van der Waals surface area contributed by atoms with Gasteiger partial charge in [0, 0.05) is 12.1 Å². The molecule has 0 aromatic heterocycles. The van der Waals surface area contributed by atoms with Crippen molar-refractivity contribution >= 4 is 0 Å². The van der Waals surface area contributed by atoms with Crippen LogP contribution in [0.2, 0.25) is 0 Å². The Morgan fingerprint density at radius 1 is 1.25 bits per heavy atom. The third-order valence-corrected chi connectivity index (χ3v) is 2.49. The SMILES string of the molecule is CCNCc1c(CO)cc(CO)cc1OC. The Morgan fingerprint density at radius 2 is 2.00 bits per heavy atom. The molecule has 0 aliphatic rings. The van der Waals surface area contributed by atoms with Gasteiger partial charge in [-0.2, -0.15) is 0 Å². The molecule has 1 rings (SSSR count). The van der Waals surface area contributed by atoms with E-state index in [-0.39, 0.29) is 13.2 Å². The van der Waals surface area contributed by atoms with Crippen molar-refractivity contribution in [1.82, 2.24) is 5.32 Å². The zero-order valence-electron chi connectivity index (χ0n) is 9.79. The van der Waals surface area contributed by atoms with E-state index < -0.39 is 0 Å². The monoisotopic (exact) mass is 225 g/mol. The lowest BCUT2D eigenvalue weighted by Gasteiger charge is -2.14. The van der Waals surface area contributed by atoms with Crippen LogP contribution in [0.3, 0.4) is 0 Å². The fourth-order valence-corrected chi connectivity index (χ4v) is 1.63. The van der Waals surface area contributed by atoms with E-state index in [1.54, 1.807) is 19.2 Å². The van der Waals surface area contributed by atoms with E-state index in [2.05, 4.69) is 5.32 Å². The highest BCUT2D eigenvalue weighted by Gasteiger charge is 2.10. The molecule has 0 radical (unpaired) electrons. The highest BCUT2D eigenvalue weighted by molar-refractivity contribution is 5.43. The van der Waals surface area contributed by atoms with Gasteiger partial charge in [-0.05, 0) is 23.7 Å². The van der Waals surface area contributed by atoms with Crippen LogP contribution in [0.15, 0.2) is 12.1 Å². The van der Waals surface area contributed by atoms with Crippen LogP contribution in [-0.4, -0.2) is 23.9 Å². The number of aliphatic hydroxyl groups excluding tert-OH is 2. The number of benzene rings is 1. The Labute approximate surface area is 95.9 Å². The van der Waals surface area contributed by atoms with Crippen molar-refractivity contribution in [3.05, 3.63) is 28.8 Å². The van der Waals surface area contributed by atoms with Gasteiger partial charge < -0.3 is 20.3 Å². The molecular weight excluding hydrogens is 206 g/mol. The Kier molecular flexibility index (Phi) is 5.25. The first-order valence-corrected chi connectivity index (χ1v) is 5.37. The summed E-state index contributed by atoms with van der Waals surface area (Å²) < 4.78 is 5.27. The standard InChI is InChI=1S/C12H19NO3/c1-3-13-6-11-10(8-15)4-9(7-14)5-12(11)16-2/h4-5,13-15H,3,6-8H2,1-2H3. The van der Waals surface area contributed by atoms with Gasteiger partial charge in [-0.3, -0.25) is 0 Å². The molecule has 0 aliphatic carbocycles. The average molecular weight is 225 g/mol. The van der Waals surface area contributed by atoms with Gasteiger partial charge in [0.15, 0.2) is 0 Å². The van der Waals surface area contributed by atoms with Crippen LogP contribution in [0.5, 0.6) is 5.75 Å². The molecule has 0 bridgehead atoms. The van der Waals surface area contributed by atoms with Crippen molar-refractivity contribution in [2.75, 3.05) is 13.7 Å². The summed E-state index contributed by atoms with van der Waals surface area (Å²) in [6.45, 7) is 3.43. The summed E-state index contributed by atoms with van der Waals surface area (Å²) in [6.07, 6.45) is 0. The van der Waals surface area contributed by atoms with E-state index >= 15 is 0 Å². The molecule has 4 nitrogen and oxygen atoms in total. The summed E-state index contributed by atoms with van der Waals surface area (Å²) in [5.74, 6) is 0.705. The molecule has 0 amide bonds. The average Bonchev–Trinajstić information content (AvgIpc) is 2.35. The normalized spacial score (nSPS) is 10.5. The fraction of sp³-hybridized carbons (Fsp3) is 0.500. The Morgan fingerprint density at radius 3 is 2.50 bits per heavy atom. The summed E-state index contributed by atoms with van der Waals surface area (Å²) in [7, 11) is 1.59. The molecule has 0 atom stereocenters. The molecule has 1 aromatic rings. The molecule has 0 heterocycles. The lowest BCUT2D eigenvalue weighted by Crippen LogP contribution is -2.14. The topological polar surface area (TPSA) is 61.7 Å². The van der Waals surface area contributed by atoms with E-state index in [0.717, 1.165) is 23.2 Å². The molecular formula is C12H19NO3. The Balaban J connectivity index is 3.09. The third kappa shape index (κ3) is 2.95. The number of aliphatic hydroxyl groups is 2. The lowest BCUT2D eigenvalue weighted by atomic mass is 10.0. The quantitative estimate of drug-likeness (QED) is 0.670. The zero-order valence-corrected chi connectivity index (χ0v) is 9.79. The molecule has 0 aliphatic heterocycles. The highest BCUT2D eigenvalue weighted by atomic mass is 16.5. The van der Waals surface area contributed by atoms with E-state index in [9.17, 15) is 5.11 Å². The van der Waals surface area contributed by atoms with Crippen molar-refractivity contribution in [2.45, 2.75) is 26.7 Å². The number of rotatable bonds is 6. The van der Waals surface area contributed by atoms with E-state index in [4.69, 9.17) is 9.84 Å². The number of hydrogen-bond acceptors (Lipinski definition) is 4. The maximum Gasteiger partial charge on any atom is 0.124 e. The molecule has 0 fully saturated rings. The largest absolute Gasteiger partial charge is 0.496 e. The van der Waals surface area contributed by atoms with E-state index in [0.29, 0.717) is 12.3 Å². The summed E-state index contributed by atoms with van der Waals surface area (Å²) >= 11 is 0. The van der Waals surface area contributed by atoms with Crippen molar-refractivity contribution in [3.63, 3.8) is 0 Å². The van der Waals surface area contributed by atoms with Crippen LogP contribution in [-0.2, 0) is 19.8 Å². The second-order valence-electron chi connectivity index (χ2n) is 3.53. The van der Waals surface area contributed by atoms with Crippen LogP contribution >= 0.6 is 0 Å². The third-order valence-electron chi connectivity index (χ3n) is 2.49. The minimum Gasteiger partial charge on any atom is -0.496 e. The number of ether oxygens (including phenoxy) is 1. The van der Waals surface area contributed by atoms with Gasteiger partial charge in [0.05, 0.1) is 20.3 Å². The molecule has 0 spiro atoms. The molecule has 90 valence electrons. The minimum atomic E-state index is -0.0507. The van der Waals surface area contributed by atoms with Crippen LogP contribution in [0, 0.1) is 0 Å². The van der Waals surface area contributed by atoms with Crippen LogP contribution < -0.4 is 10.1 Å². The highest BCUT2D eigenvalue weighted by Crippen LogP contribution is 2.25. The minimum absolute atomic E-state index is 0.0507. The van der Waals surface area contributed by atoms with E-state index in [1.807, 2.05) is 6.92 Å². The maximum atomic E-state index is 9.29. The van der Waals surface area contributed by atoms with Gasteiger partial charge in [0.25, 0.3) is 0 Å². The summed E-state index contributed by atoms with van der Waals surface area (Å²) in [6, 6.07) is 3.60. The maximum absolute atomic E-state index is 9.29. The molecule has 0 saturated heterocycles. The fourth-order valence-electron chi connectivity index (χ4n) is 1.63. The van der Waals surface area contributed by atoms with Gasteiger partial charge in [0.2, 0.25) is 0 Å². The second-order valence-corrected chi connectivity index (χ2v) is 3.53. The molecule has 0 saturated carbocycles. The zero-order chi connectivity index (χ0) is 12.0. The van der Waals surface area contributed by atoms with Crippen LogP contribution in [0.25, 0.3) is 0 Å². The first kappa shape index (κ1) is 13.0. The Bertz CT molecular complexity index is 314.